The van der Waals surface area contributed by atoms with Crippen LogP contribution in [0.2, 0.25) is 0 Å². The third kappa shape index (κ3) is 3.09. The van der Waals surface area contributed by atoms with Gasteiger partial charge in [0.05, 0.1) is 4.90 Å². The smallest absolute Gasteiger partial charge is 0.240 e. The SMILES string of the molecule is C[C@@H]1Cc2cc(S(=O)(=O)NCc3ccccc3)ccc2N1. The fourth-order valence-electron chi connectivity index (χ4n) is 2.55. The fraction of sp³-hybridized carbons (Fsp3) is 0.250. The Hall–Kier alpha value is -1.85. The molecule has 2 aromatic rings. The summed E-state index contributed by atoms with van der Waals surface area (Å²) in [6.45, 7) is 2.39. The first-order valence-electron chi connectivity index (χ1n) is 6.98. The molecule has 3 rings (SSSR count). The van der Waals surface area contributed by atoms with Gasteiger partial charge in [-0.15, -0.1) is 0 Å². The first-order valence-corrected chi connectivity index (χ1v) is 8.46. The lowest BCUT2D eigenvalue weighted by Crippen LogP contribution is -2.23. The summed E-state index contributed by atoms with van der Waals surface area (Å²) in [5, 5.41) is 3.32. The van der Waals surface area contributed by atoms with Crippen molar-refractivity contribution in [2.75, 3.05) is 5.32 Å². The lowest BCUT2D eigenvalue weighted by Gasteiger charge is -2.08. The Morgan fingerprint density at radius 1 is 1.19 bits per heavy atom. The molecule has 1 aliphatic heterocycles. The monoisotopic (exact) mass is 302 g/mol. The summed E-state index contributed by atoms with van der Waals surface area (Å²) >= 11 is 0. The Morgan fingerprint density at radius 3 is 2.71 bits per heavy atom. The Morgan fingerprint density at radius 2 is 1.95 bits per heavy atom. The second-order valence-corrected chi connectivity index (χ2v) is 7.15. The van der Waals surface area contributed by atoms with Crippen LogP contribution in [-0.2, 0) is 23.0 Å². The normalized spacial score (nSPS) is 17.3. The summed E-state index contributed by atoms with van der Waals surface area (Å²) in [7, 11) is -3.48. The summed E-state index contributed by atoms with van der Waals surface area (Å²) in [5.41, 5.74) is 3.03. The maximum Gasteiger partial charge on any atom is 0.240 e. The zero-order valence-electron chi connectivity index (χ0n) is 11.8. The molecule has 5 heteroatoms. The van der Waals surface area contributed by atoms with Crippen LogP contribution in [0.5, 0.6) is 0 Å². The molecule has 1 atom stereocenters. The second kappa shape index (κ2) is 5.50. The third-order valence-electron chi connectivity index (χ3n) is 3.62. The van der Waals surface area contributed by atoms with E-state index in [0.717, 1.165) is 23.2 Å². The highest BCUT2D eigenvalue weighted by Crippen LogP contribution is 2.28. The van der Waals surface area contributed by atoms with Gasteiger partial charge in [-0.2, -0.15) is 0 Å². The molecule has 1 heterocycles. The molecule has 0 unspecified atom stereocenters. The van der Waals surface area contributed by atoms with E-state index in [-0.39, 0.29) is 0 Å². The average molecular weight is 302 g/mol. The van der Waals surface area contributed by atoms with Crippen molar-refractivity contribution in [2.45, 2.75) is 30.8 Å². The van der Waals surface area contributed by atoms with Gasteiger partial charge in [-0.1, -0.05) is 30.3 Å². The summed E-state index contributed by atoms with van der Waals surface area (Å²) in [5.74, 6) is 0. The van der Waals surface area contributed by atoms with Crippen LogP contribution in [0.15, 0.2) is 53.4 Å². The standard InChI is InChI=1S/C16H18N2O2S/c1-12-9-14-10-15(7-8-16(14)18-12)21(19,20)17-11-13-5-3-2-4-6-13/h2-8,10,12,17-18H,9,11H2,1H3/t12-/m1/s1. The van der Waals surface area contributed by atoms with Crippen LogP contribution in [0.4, 0.5) is 5.69 Å². The van der Waals surface area contributed by atoms with E-state index in [1.165, 1.54) is 0 Å². The minimum Gasteiger partial charge on any atom is -0.382 e. The van der Waals surface area contributed by atoms with E-state index in [0.29, 0.717) is 17.5 Å². The van der Waals surface area contributed by atoms with Gasteiger partial charge in [-0.25, -0.2) is 13.1 Å². The number of fused-ring (bicyclic) bond motifs is 1. The van der Waals surface area contributed by atoms with Gasteiger partial charge in [0.1, 0.15) is 0 Å². The molecule has 0 spiro atoms. The van der Waals surface area contributed by atoms with E-state index >= 15 is 0 Å². The Balaban J connectivity index is 1.78. The maximum absolute atomic E-state index is 12.4. The van der Waals surface area contributed by atoms with E-state index in [2.05, 4.69) is 17.0 Å². The number of hydrogen-bond acceptors (Lipinski definition) is 3. The quantitative estimate of drug-likeness (QED) is 0.912. The fourth-order valence-corrected chi connectivity index (χ4v) is 3.62. The van der Waals surface area contributed by atoms with Crippen molar-refractivity contribution in [3.8, 4) is 0 Å². The van der Waals surface area contributed by atoms with E-state index in [1.54, 1.807) is 12.1 Å². The number of hydrogen-bond donors (Lipinski definition) is 2. The van der Waals surface area contributed by atoms with Crippen molar-refractivity contribution >= 4 is 15.7 Å². The number of sulfonamides is 1. The number of nitrogens with one attached hydrogen (secondary N) is 2. The minimum atomic E-state index is -3.48. The van der Waals surface area contributed by atoms with Crippen LogP contribution in [0.3, 0.4) is 0 Å². The van der Waals surface area contributed by atoms with Crippen molar-refractivity contribution in [3.05, 3.63) is 59.7 Å². The second-order valence-electron chi connectivity index (χ2n) is 5.38. The van der Waals surface area contributed by atoms with Gasteiger partial charge in [0.2, 0.25) is 10.0 Å². The van der Waals surface area contributed by atoms with Crippen LogP contribution in [0.25, 0.3) is 0 Å². The minimum absolute atomic E-state index is 0.301. The molecular formula is C16H18N2O2S. The third-order valence-corrected chi connectivity index (χ3v) is 5.02. The lowest BCUT2D eigenvalue weighted by atomic mass is 10.1. The first-order chi connectivity index (χ1) is 10.0. The van der Waals surface area contributed by atoms with Crippen molar-refractivity contribution in [1.82, 2.24) is 4.72 Å². The van der Waals surface area contributed by atoms with Crippen LogP contribution in [-0.4, -0.2) is 14.5 Å². The zero-order valence-corrected chi connectivity index (χ0v) is 12.7. The molecule has 0 fully saturated rings. The first kappa shape index (κ1) is 14.1. The maximum atomic E-state index is 12.4. The van der Waals surface area contributed by atoms with Crippen LogP contribution < -0.4 is 10.0 Å². The van der Waals surface area contributed by atoms with E-state index in [1.807, 2.05) is 36.4 Å². The van der Waals surface area contributed by atoms with Gasteiger partial charge in [0.25, 0.3) is 0 Å². The van der Waals surface area contributed by atoms with Gasteiger partial charge in [0, 0.05) is 18.3 Å². The molecule has 2 N–H and O–H groups in total. The van der Waals surface area contributed by atoms with Crippen LogP contribution in [0, 0.1) is 0 Å². The molecule has 0 aliphatic carbocycles. The van der Waals surface area contributed by atoms with E-state index in [9.17, 15) is 8.42 Å². The molecule has 0 saturated heterocycles. The summed E-state index contributed by atoms with van der Waals surface area (Å²) < 4.78 is 27.4. The van der Waals surface area contributed by atoms with Crippen molar-refractivity contribution < 1.29 is 8.42 Å². The number of benzene rings is 2. The summed E-state index contributed by atoms with van der Waals surface area (Å²) in [4.78, 5) is 0.327. The highest BCUT2D eigenvalue weighted by Gasteiger charge is 2.20. The van der Waals surface area contributed by atoms with Gasteiger partial charge in [0.15, 0.2) is 0 Å². The van der Waals surface area contributed by atoms with Crippen molar-refractivity contribution in [2.24, 2.45) is 0 Å². The Labute approximate surface area is 125 Å². The molecule has 0 aromatic heterocycles. The summed E-state index contributed by atoms with van der Waals surface area (Å²) in [6, 6.07) is 15.1. The van der Waals surface area contributed by atoms with E-state index in [4.69, 9.17) is 0 Å². The highest BCUT2D eigenvalue weighted by atomic mass is 32.2. The predicted octanol–water partition coefficient (Wildman–Crippen LogP) is 2.52. The summed E-state index contributed by atoms with van der Waals surface area (Å²) in [6.07, 6.45) is 0.859. The average Bonchev–Trinajstić information content (AvgIpc) is 2.85. The van der Waals surface area contributed by atoms with Gasteiger partial charge >= 0.3 is 0 Å². The molecular weight excluding hydrogens is 284 g/mol. The zero-order chi connectivity index (χ0) is 14.9. The van der Waals surface area contributed by atoms with Gasteiger partial charge < -0.3 is 5.32 Å². The van der Waals surface area contributed by atoms with Crippen molar-refractivity contribution in [1.29, 1.82) is 0 Å². The van der Waals surface area contributed by atoms with Gasteiger partial charge in [-0.05, 0) is 42.7 Å². The van der Waals surface area contributed by atoms with Crippen LogP contribution in [0.1, 0.15) is 18.1 Å². The molecule has 0 amide bonds. The Bertz CT molecular complexity index is 742. The number of rotatable bonds is 4. The lowest BCUT2D eigenvalue weighted by molar-refractivity contribution is 0.581. The molecule has 110 valence electrons. The van der Waals surface area contributed by atoms with Crippen molar-refractivity contribution in [3.63, 3.8) is 0 Å². The van der Waals surface area contributed by atoms with E-state index < -0.39 is 10.0 Å². The Kier molecular flexibility index (Phi) is 3.69. The van der Waals surface area contributed by atoms with Gasteiger partial charge in [-0.3, -0.25) is 0 Å². The molecule has 0 bridgehead atoms. The molecule has 21 heavy (non-hydrogen) atoms. The largest absolute Gasteiger partial charge is 0.382 e. The topological polar surface area (TPSA) is 58.2 Å². The molecule has 0 radical (unpaired) electrons. The predicted molar refractivity (Wildman–Crippen MR) is 83.7 cm³/mol. The highest BCUT2D eigenvalue weighted by molar-refractivity contribution is 7.89. The van der Waals surface area contributed by atoms with Crippen LogP contribution >= 0.6 is 0 Å². The molecule has 4 nitrogen and oxygen atoms in total. The molecule has 2 aromatic carbocycles. The number of anilines is 1. The molecule has 1 aliphatic rings. The molecule has 0 saturated carbocycles.